The SMILES string of the molecule is c1ccc(-c2nc(-c3ccccc3)nc(-c3ccc(-n4c5ccccc5c5cc(-c6ccc7sc8cc9c(cc8c7c6)sc6ccccc69)ccc54)cc3)n2)cc1.c1ccc(-c2nc(-c3ccccc3)nc(-c3cccc(-n4c5ccccc5c5cc(-c6ccc7sc8cc9c(cc8c7c6)sc6ccccc69)ccc54)c3)n2)cc1. The molecule has 0 aliphatic rings. The molecule has 0 saturated carbocycles. The molecule has 24 aromatic rings. The fourth-order valence-corrected chi connectivity index (χ4v) is 21.1. The van der Waals surface area contributed by atoms with Gasteiger partial charge in [-0.05, 0) is 156 Å². The van der Waals surface area contributed by atoms with Gasteiger partial charge in [-0.3, -0.25) is 0 Å². The quantitative estimate of drug-likeness (QED) is 0.136. The topological polar surface area (TPSA) is 87.2 Å². The van der Waals surface area contributed by atoms with Gasteiger partial charge in [0.05, 0.1) is 22.1 Å². The van der Waals surface area contributed by atoms with Crippen LogP contribution in [0.3, 0.4) is 0 Å². The average molecular weight is 1530 g/mol. The first kappa shape index (κ1) is 65.9. The summed E-state index contributed by atoms with van der Waals surface area (Å²) in [5, 5.41) is 15.6. The standard InChI is InChI=1S/2C51H30N4S2/c1-3-12-31(13-4-1)49-52-50(32-14-5-2-6-15-32)54-51(53-49)35-16-11-17-36(26-35)55-43-20-9-7-18-37(43)39-27-33(22-24-44(39)55)34-23-25-46-40(28-34)42-30-47-41(29-48(42)57-46)38-19-8-10-21-45(38)56-47;1-3-11-31(12-4-1)49-52-50(32-13-5-2-6-14-32)54-51(53-49)33-19-23-36(24-20-33)55-43-17-9-7-15-37(43)39-27-34(21-25-44(39)55)35-22-26-46-40(28-35)42-30-47-41(29-48(42)57-46)38-16-8-10-18-45(38)56-47/h2*1-30H. The minimum atomic E-state index is 0.636. The van der Waals surface area contributed by atoms with Crippen molar-refractivity contribution < 1.29 is 0 Å². The molecule has 12 heteroatoms. The summed E-state index contributed by atoms with van der Waals surface area (Å²) in [7, 11) is 0. The van der Waals surface area contributed by atoms with Crippen molar-refractivity contribution in [1.29, 1.82) is 0 Å². The molecule has 8 nitrogen and oxygen atoms in total. The Bertz CT molecular complexity index is 7860. The molecule has 0 N–H and O–H groups in total. The highest BCUT2D eigenvalue weighted by Crippen LogP contribution is 2.47. The second-order valence-electron chi connectivity index (χ2n) is 28.9. The van der Waals surface area contributed by atoms with Crippen LogP contribution < -0.4 is 0 Å². The van der Waals surface area contributed by atoms with Gasteiger partial charge >= 0.3 is 0 Å². The van der Waals surface area contributed by atoms with Gasteiger partial charge in [-0.1, -0.05) is 231 Å². The van der Waals surface area contributed by atoms with E-state index in [0.717, 1.165) is 55.8 Å². The number of benzene rings is 16. The van der Waals surface area contributed by atoms with Gasteiger partial charge in [-0.15, -0.1) is 45.3 Å². The van der Waals surface area contributed by atoms with Crippen molar-refractivity contribution in [3.8, 4) is 102 Å². The van der Waals surface area contributed by atoms with Crippen LogP contribution >= 0.6 is 45.3 Å². The van der Waals surface area contributed by atoms with Crippen molar-refractivity contribution in [2.75, 3.05) is 0 Å². The van der Waals surface area contributed by atoms with Crippen LogP contribution in [-0.4, -0.2) is 39.0 Å². The summed E-state index contributed by atoms with van der Waals surface area (Å²) in [6.45, 7) is 0. The number of aromatic nitrogens is 8. The summed E-state index contributed by atoms with van der Waals surface area (Å²) in [4.78, 5) is 29.7. The molecule has 0 fully saturated rings. The van der Waals surface area contributed by atoms with Crippen LogP contribution in [-0.2, 0) is 0 Å². The van der Waals surface area contributed by atoms with E-state index in [-0.39, 0.29) is 0 Å². The van der Waals surface area contributed by atoms with Crippen molar-refractivity contribution >= 4 is 170 Å². The first-order valence-corrected chi connectivity index (χ1v) is 41.3. The summed E-state index contributed by atoms with van der Waals surface area (Å²) >= 11 is 7.54. The van der Waals surface area contributed by atoms with Gasteiger partial charge in [0.25, 0.3) is 0 Å². The number of para-hydroxylation sites is 2. The summed E-state index contributed by atoms with van der Waals surface area (Å²) in [6.07, 6.45) is 0. The molecular formula is C102H60N8S4. The van der Waals surface area contributed by atoms with E-state index in [1.165, 1.54) is 136 Å². The molecule has 0 unspecified atom stereocenters. The minimum Gasteiger partial charge on any atom is -0.309 e. The second-order valence-corrected chi connectivity index (χ2v) is 33.2. The van der Waals surface area contributed by atoms with E-state index in [1.54, 1.807) is 0 Å². The molecule has 0 amide bonds. The Morgan fingerprint density at radius 2 is 0.421 bits per heavy atom. The first-order valence-electron chi connectivity index (χ1n) is 38.0. The second kappa shape index (κ2) is 26.9. The predicted octanol–water partition coefficient (Wildman–Crippen LogP) is 28.7. The molecule has 8 heterocycles. The van der Waals surface area contributed by atoms with Gasteiger partial charge in [0.2, 0.25) is 0 Å². The fraction of sp³-hybridized carbons (Fsp3) is 0. The molecule has 114 heavy (non-hydrogen) atoms. The Balaban J connectivity index is 0.000000135. The maximum atomic E-state index is 5.02. The maximum Gasteiger partial charge on any atom is 0.164 e. The van der Waals surface area contributed by atoms with Crippen LogP contribution in [0.15, 0.2) is 364 Å². The van der Waals surface area contributed by atoms with Crippen LogP contribution in [0.25, 0.3) is 226 Å². The molecule has 0 aliphatic heterocycles. The Morgan fingerprint density at radius 3 is 0.825 bits per heavy atom. The van der Waals surface area contributed by atoms with Crippen LogP contribution in [0.4, 0.5) is 0 Å². The van der Waals surface area contributed by atoms with Gasteiger partial charge < -0.3 is 9.13 Å². The third kappa shape index (κ3) is 11.3. The fourth-order valence-electron chi connectivity index (χ4n) is 16.6. The number of rotatable bonds is 10. The molecule has 0 bridgehead atoms. The Kier molecular flexibility index (Phi) is 15.5. The van der Waals surface area contributed by atoms with E-state index >= 15 is 0 Å². The maximum absolute atomic E-state index is 5.02. The van der Waals surface area contributed by atoms with Crippen molar-refractivity contribution in [1.82, 2.24) is 39.0 Å². The van der Waals surface area contributed by atoms with E-state index in [4.69, 9.17) is 29.9 Å². The largest absolute Gasteiger partial charge is 0.309 e. The lowest BCUT2D eigenvalue weighted by molar-refractivity contribution is 1.07. The zero-order chi connectivity index (χ0) is 74.9. The zero-order valence-electron chi connectivity index (χ0n) is 60.9. The lowest BCUT2D eigenvalue weighted by Gasteiger charge is -2.12. The molecule has 24 rings (SSSR count). The van der Waals surface area contributed by atoms with E-state index in [9.17, 15) is 0 Å². The van der Waals surface area contributed by atoms with Crippen LogP contribution in [0, 0.1) is 0 Å². The van der Waals surface area contributed by atoms with Crippen LogP contribution in [0.2, 0.25) is 0 Å². The molecular weight excluding hydrogens is 1470 g/mol. The molecule has 0 saturated heterocycles. The molecule has 0 spiro atoms. The van der Waals surface area contributed by atoms with E-state index < -0.39 is 0 Å². The highest BCUT2D eigenvalue weighted by Gasteiger charge is 2.22. The molecule has 16 aromatic carbocycles. The first-order chi connectivity index (χ1) is 56.4. The van der Waals surface area contributed by atoms with E-state index in [1.807, 2.05) is 167 Å². The molecule has 0 atom stereocenters. The Labute approximate surface area is 669 Å². The summed E-state index contributed by atoms with van der Waals surface area (Å²) in [5.41, 5.74) is 17.3. The molecule has 532 valence electrons. The molecule has 0 aliphatic carbocycles. The number of fused-ring (bicyclic) bond motifs is 18. The van der Waals surface area contributed by atoms with Gasteiger partial charge in [0.1, 0.15) is 0 Å². The van der Waals surface area contributed by atoms with Crippen molar-refractivity contribution in [3.63, 3.8) is 0 Å². The van der Waals surface area contributed by atoms with Gasteiger partial charge in [-0.25, -0.2) is 29.9 Å². The lowest BCUT2D eigenvalue weighted by atomic mass is 10.0. The lowest BCUT2D eigenvalue weighted by Crippen LogP contribution is -2.01. The van der Waals surface area contributed by atoms with Crippen LogP contribution in [0.1, 0.15) is 0 Å². The van der Waals surface area contributed by atoms with E-state index in [2.05, 4.69) is 252 Å². The van der Waals surface area contributed by atoms with Gasteiger partial charge in [-0.2, -0.15) is 0 Å². The van der Waals surface area contributed by atoms with Crippen molar-refractivity contribution in [2.24, 2.45) is 0 Å². The summed E-state index contributed by atoms with van der Waals surface area (Å²) in [6, 6.07) is 130. The normalized spacial score (nSPS) is 11.9. The monoisotopic (exact) mass is 1520 g/mol. The minimum absolute atomic E-state index is 0.636. The molecule has 0 radical (unpaired) electrons. The Morgan fingerprint density at radius 1 is 0.149 bits per heavy atom. The highest BCUT2D eigenvalue weighted by atomic mass is 32.1. The number of hydrogen-bond donors (Lipinski definition) is 0. The van der Waals surface area contributed by atoms with Crippen molar-refractivity contribution in [3.05, 3.63) is 364 Å². The zero-order valence-corrected chi connectivity index (χ0v) is 64.1. The summed E-state index contributed by atoms with van der Waals surface area (Å²) < 4.78 is 15.4. The third-order valence-electron chi connectivity index (χ3n) is 22.1. The molecule has 8 aromatic heterocycles. The predicted molar refractivity (Wildman–Crippen MR) is 483 cm³/mol. The Hall–Kier alpha value is -14.0. The number of hydrogen-bond acceptors (Lipinski definition) is 10. The van der Waals surface area contributed by atoms with E-state index in [0.29, 0.717) is 34.9 Å². The smallest absolute Gasteiger partial charge is 0.164 e. The average Bonchev–Trinajstić information content (AvgIpc) is 1.39. The van der Waals surface area contributed by atoms with Crippen LogP contribution in [0.5, 0.6) is 0 Å². The highest BCUT2D eigenvalue weighted by molar-refractivity contribution is 7.28. The number of nitrogens with zero attached hydrogens (tertiary/aromatic N) is 8. The van der Waals surface area contributed by atoms with Gasteiger partial charge in [0.15, 0.2) is 34.9 Å². The number of thiophene rings is 4. The van der Waals surface area contributed by atoms with Gasteiger partial charge in [0, 0.05) is 147 Å². The third-order valence-corrected chi connectivity index (χ3v) is 26.6. The van der Waals surface area contributed by atoms with Crippen molar-refractivity contribution in [2.45, 2.75) is 0 Å². The summed E-state index contributed by atoms with van der Waals surface area (Å²) in [5.74, 6) is 3.89.